The normalized spacial score (nSPS) is 17.7. The number of nitrogens with one attached hydrogen (secondary N) is 3. The first-order valence-corrected chi connectivity index (χ1v) is 12.1. The van der Waals surface area contributed by atoms with E-state index in [1.54, 1.807) is 43.2 Å². The molecule has 37 heavy (non-hydrogen) atoms. The number of H-pyrrole nitrogens is 2. The van der Waals surface area contributed by atoms with Crippen LogP contribution in [0, 0.1) is 0 Å². The Morgan fingerprint density at radius 1 is 1.19 bits per heavy atom. The number of piperidine rings is 1. The molecular formula is C26H28N6O5. The largest absolute Gasteiger partial charge is 0.450 e. The van der Waals surface area contributed by atoms with E-state index in [0.717, 1.165) is 5.39 Å². The third kappa shape index (κ3) is 4.60. The maximum atomic E-state index is 13.1. The van der Waals surface area contributed by atoms with Crippen molar-refractivity contribution in [3.63, 3.8) is 0 Å². The number of likely N-dealkylation sites (tertiary alicyclic amines) is 1. The minimum absolute atomic E-state index is 0.247. The molecule has 192 valence electrons. The van der Waals surface area contributed by atoms with Crippen molar-refractivity contribution < 1.29 is 19.1 Å². The van der Waals surface area contributed by atoms with Gasteiger partial charge in [0.15, 0.2) is 0 Å². The summed E-state index contributed by atoms with van der Waals surface area (Å²) in [4.78, 5) is 50.0. The van der Waals surface area contributed by atoms with Gasteiger partial charge < -0.3 is 35.4 Å². The minimum Gasteiger partial charge on any atom is -0.450 e. The second-order valence-electron chi connectivity index (χ2n) is 8.89. The van der Waals surface area contributed by atoms with Gasteiger partial charge in [-0.05, 0) is 37.6 Å². The Morgan fingerprint density at radius 2 is 2.00 bits per heavy atom. The zero-order valence-corrected chi connectivity index (χ0v) is 20.5. The Hall–Kier alpha value is -4.38. The molecule has 1 fully saturated rings. The molecule has 3 heterocycles. The van der Waals surface area contributed by atoms with E-state index >= 15 is 0 Å². The molecule has 2 aromatic heterocycles. The Morgan fingerprint density at radius 3 is 2.78 bits per heavy atom. The number of methoxy groups -OCH3 is 1. The summed E-state index contributed by atoms with van der Waals surface area (Å²) in [5.41, 5.74) is 8.82. The second kappa shape index (κ2) is 9.94. The molecule has 0 aliphatic carbocycles. The number of amides is 2. The number of nitrogen functional groups attached to an aromatic ring is 1. The average molecular weight is 505 g/mol. The third-order valence-corrected chi connectivity index (χ3v) is 6.65. The zero-order chi connectivity index (χ0) is 26.1. The average Bonchev–Trinajstić information content (AvgIpc) is 3.31. The van der Waals surface area contributed by atoms with Gasteiger partial charge in [-0.15, -0.1) is 0 Å². The lowest BCUT2D eigenvalue weighted by molar-refractivity contribution is 0.00455. The first-order chi connectivity index (χ1) is 17.9. The predicted molar refractivity (Wildman–Crippen MR) is 139 cm³/mol. The molecule has 1 saturated heterocycles. The number of anilines is 1. The number of ether oxygens (including phenoxy) is 2. The molecule has 0 radical (unpaired) electrons. The van der Waals surface area contributed by atoms with Crippen LogP contribution in [0.5, 0.6) is 0 Å². The number of fused-ring (bicyclic) bond motifs is 2. The Bertz CT molecular complexity index is 1540. The highest BCUT2D eigenvalue weighted by Crippen LogP contribution is 2.28. The number of aromatic nitrogens is 3. The molecule has 2 amide bonds. The highest BCUT2D eigenvalue weighted by atomic mass is 16.6. The number of carbonyl (C=O) groups is 2. The van der Waals surface area contributed by atoms with Crippen LogP contribution in [0.3, 0.4) is 0 Å². The molecule has 0 bridgehead atoms. The van der Waals surface area contributed by atoms with Crippen LogP contribution < -0.4 is 16.6 Å². The molecule has 11 nitrogen and oxygen atoms in total. The quantitative estimate of drug-likeness (QED) is 0.326. The molecular weight excluding hydrogens is 476 g/mol. The van der Waals surface area contributed by atoms with Gasteiger partial charge in [0.1, 0.15) is 11.4 Å². The Balaban J connectivity index is 1.37. The second-order valence-corrected chi connectivity index (χ2v) is 8.89. The smallest absolute Gasteiger partial charge is 0.409 e. The minimum atomic E-state index is -0.388. The summed E-state index contributed by atoms with van der Waals surface area (Å²) in [5.74, 6) is 0.0422. The van der Waals surface area contributed by atoms with Gasteiger partial charge in [-0.2, -0.15) is 0 Å². The van der Waals surface area contributed by atoms with E-state index in [0.29, 0.717) is 59.7 Å². The molecule has 5 rings (SSSR count). The fraction of sp³-hybridized carbons (Fsp3) is 0.308. The SMILES string of the molecule is CCOC(=O)N1CC[C@@H](NC(=O)c2ccc3nc(-c4c(N)c5ccccc5[nH]c4=O)[nH]c3c2)[C@@H](OC)C1. The van der Waals surface area contributed by atoms with Crippen molar-refractivity contribution in [1.82, 2.24) is 25.2 Å². The third-order valence-electron chi connectivity index (χ3n) is 6.65. The van der Waals surface area contributed by atoms with E-state index in [1.165, 1.54) is 0 Å². The molecule has 0 unspecified atom stereocenters. The van der Waals surface area contributed by atoms with Gasteiger partial charge in [0.2, 0.25) is 0 Å². The lowest BCUT2D eigenvalue weighted by atomic mass is 10.0. The zero-order valence-electron chi connectivity index (χ0n) is 20.5. The number of rotatable bonds is 5. The van der Waals surface area contributed by atoms with Gasteiger partial charge in [-0.25, -0.2) is 9.78 Å². The molecule has 0 spiro atoms. The molecule has 11 heteroatoms. The summed E-state index contributed by atoms with van der Waals surface area (Å²) in [6.07, 6.45) is -0.225. The number of hydrogen-bond donors (Lipinski definition) is 4. The van der Waals surface area contributed by atoms with E-state index in [4.69, 9.17) is 15.2 Å². The van der Waals surface area contributed by atoms with Crippen LogP contribution in [0.2, 0.25) is 0 Å². The summed E-state index contributed by atoms with van der Waals surface area (Å²) in [5, 5.41) is 3.74. The number of carbonyl (C=O) groups excluding carboxylic acids is 2. The van der Waals surface area contributed by atoms with Gasteiger partial charge in [0.25, 0.3) is 11.5 Å². The lowest BCUT2D eigenvalue weighted by Gasteiger charge is -2.37. The van der Waals surface area contributed by atoms with Crippen LogP contribution in [0.15, 0.2) is 47.3 Å². The highest BCUT2D eigenvalue weighted by Gasteiger charge is 2.33. The maximum absolute atomic E-state index is 13.1. The Kier molecular flexibility index (Phi) is 6.53. The van der Waals surface area contributed by atoms with Gasteiger partial charge >= 0.3 is 6.09 Å². The van der Waals surface area contributed by atoms with Crippen LogP contribution in [0.25, 0.3) is 33.3 Å². The van der Waals surface area contributed by atoms with Crippen molar-refractivity contribution in [3.05, 3.63) is 58.4 Å². The summed E-state index contributed by atoms with van der Waals surface area (Å²) < 4.78 is 10.6. The Labute approximate surface area is 212 Å². The van der Waals surface area contributed by atoms with E-state index in [1.807, 2.05) is 18.2 Å². The van der Waals surface area contributed by atoms with Crippen LogP contribution in [-0.4, -0.2) is 70.8 Å². The number of hydrogen-bond acceptors (Lipinski definition) is 7. The highest BCUT2D eigenvalue weighted by molar-refractivity contribution is 6.00. The number of nitrogens with two attached hydrogens (primary N) is 1. The first-order valence-electron chi connectivity index (χ1n) is 12.1. The number of imidazole rings is 1. The molecule has 1 aliphatic heterocycles. The van der Waals surface area contributed by atoms with Gasteiger partial charge in [0, 0.05) is 24.6 Å². The molecule has 4 aromatic rings. The predicted octanol–water partition coefficient (Wildman–Crippen LogP) is 2.63. The van der Waals surface area contributed by atoms with E-state index in [9.17, 15) is 14.4 Å². The lowest BCUT2D eigenvalue weighted by Crippen LogP contribution is -2.56. The van der Waals surface area contributed by atoms with Crippen molar-refractivity contribution in [1.29, 1.82) is 0 Å². The van der Waals surface area contributed by atoms with Crippen LogP contribution >= 0.6 is 0 Å². The van der Waals surface area contributed by atoms with Crippen molar-refractivity contribution in [2.75, 3.05) is 32.5 Å². The van der Waals surface area contributed by atoms with Crippen molar-refractivity contribution in [2.45, 2.75) is 25.5 Å². The molecule has 2 atom stereocenters. The van der Waals surface area contributed by atoms with E-state index in [2.05, 4.69) is 20.3 Å². The molecule has 0 saturated carbocycles. The summed E-state index contributed by atoms with van der Waals surface area (Å²) in [6, 6.07) is 12.1. The number of nitrogens with zero attached hydrogens (tertiary/aromatic N) is 2. The van der Waals surface area contributed by atoms with Crippen LogP contribution in [-0.2, 0) is 9.47 Å². The molecule has 2 aromatic carbocycles. The molecule has 5 N–H and O–H groups in total. The topological polar surface area (TPSA) is 155 Å². The maximum Gasteiger partial charge on any atom is 0.409 e. The van der Waals surface area contributed by atoms with Gasteiger partial charge in [-0.1, -0.05) is 18.2 Å². The number of pyridine rings is 1. The van der Waals surface area contributed by atoms with E-state index in [-0.39, 0.29) is 35.3 Å². The fourth-order valence-electron chi connectivity index (χ4n) is 4.73. The number of benzene rings is 2. The van der Waals surface area contributed by atoms with Crippen LogP contribution in [0.4, 0.5) is 10.5 Å². The fourth-order valence-corrected chi connectivity index (χ4v) is 4.73. The standard InChI is InChI=1S/C26H28N6O5/c1-3-37-26(35)32-11-10-18(20(13-32)36-2)31-24(33)14-8-9-17-19(12-14)29-23(28-17)21-22(27)15-6-4-5-7-16(15)30-25(21)34/h4-9,12,18,20H,3,10-11,13H2,1-2H3,(H,28,29)(H,31,33)(H3,27,30,34)/t18-,20+/m1/s1. The monoisotopic (exact) mass is 504 g/mol. The summed E-state index contributed by atoms with van der Waals surface area (Å²) in [7, 11) is 1.55. The first kappa shape index (κ1) is 24.3. The van der Waals surface area contributed by atoms with Crippen molar-refractivity contribution in [2.24, 2.45) is 0 Å². The van der Waals surface area contributed by atoms with E-state index < -0.39 is 0 Å². The van der Waals surface area contributed by atoms with Crippen molar-refractivity contribution in [3.8, 4) is 11.4 Å². The number of aromatic amines is 2. The van der Waals surface area contributed by atoms with Gasteiger partial charge in [0.05, 0.1) is 47.5 Å². The number of para-hydroxylation sites is 1. The molecule has 1 aliphatic rings. The summed E-state index contributed by atoms with van der Waals surface area (Å²) in [6.45, 7) is 2.83. The summed E-state index contributed by atoms with van der Waals surface area (Å²) >= 11 is 0. The van der Waals surface area contributed by atoms with Gasteiger partial charge in [-0.3, -0.25) is 9.59 Å². The van der Waals surface area contributed by atoms with Crippen molar-refractivity contribution >= 4 is 39.6 Å². The van der Waals surface area contributed by atoms with Crippen LogP contribution in [0.1, 0.15) is 23.7 Å².